The van der Waals surface area contributed by atoms with Crippen LogP contribution in [0.2, 0.25) is 0 Å². The van der Waals surface area contributed by atoms with Crippen molar-refractivity contribution in [1.82, 2.24) is 10.2 Å². The van der Waals surface area contributed by atoms with Crippen LogP contribution in [-0.4, -0.2) is 29.1 Å². The molecule has 0 spiro atoms. The van der Waals surface area contributed by atoms with E-state index in [1.165, 1.54) is 17.4 Å². The summed E-state index contributed by atoms with van der Waals surface area (Å²) in [5.41, 5.74) is 1.30. The number of ether oxygens (including phenoxy) is 1. The molecule has 32 heavy (non-hydrogen) atoms. The summed E-state index contributed by atoms with van der Waals surface area (Å²) in [6, 6.07) is 17.5. The molecule has 0 saturated heterocycles. The number of benzene rings is 2. The van der Waals surface area contributed by atoms with Gasteiger partial charge in [0.25, 0.3) is 5.91 Å². The molecule has 4 aromatic rings. The highest BCUT2D eigenvalue weighted by Gasteiger charge is 2.16. The SMILES string of the molecule is COc1ccc(-c2nnc(NC(=O)c3ccccc3NC(=O)/C=C/c3cccs3)o2)cc1. The second-order valence-electron chi connectivity index (χ2n) is 6.48. The number of carbonyl (C=O) groups is 2. The van der Waals surface area contributed by atoms with E-state index >= 15 is 0 Å². The molecule has 0 saturated carbocycles. The molecule has 160 valence electrons. The molecule has 2 N–H and O–H groups in total. The summed E-state index contributed by atoms with van der Waals surface area (Å²) in [4.78, 5) is 26.0. The fraction of sp³-hybridized carbons (Fsp3) is 0.0435. The van der Waals surface area contributed by atoms with Gasteiger partial charge in [-0.15, -0.1) is 16.4 Å². The Kier molecular flexibility index (Phi) is 6.38. The van der Waals surface area contributed by atoms with Gasteiger partial charge in [-0.25, -0.2) is 0 Å². The highest BCUT2D eigenvalue weighted by atomic mass is 32.1. The van der Waals surface area contributed by atoms with Crippen molar-refractivity contribution in [2.75, 3.05) is 17.7 Å². The van der Waals surface area contributed by atoms with E-state index in [1.807, 2.05) is 17.5 Å². The highest BCUT2D eigenvalue weighted by molar-refractivity contribution is 7.10. The van der Waals surface area contributed by atoms with Gasteiger partial charge in [-0.1, -0.05) is 23.3 Å². The van der Waals surface area contributed by atoms with Crippen LogP contribution in [0.5, 0.6) is 5.75 Å². The quantitative estimate of drug-likeness (QED) is 0.398. The van der Waals surface area contributed by atoms with Crippen molar-refractivity contribution in [2.24, 2.45) is 0 Å². The number of nitrogens with zero attached hydrogens (tertiary/aromatic N) is 2. The molecule has 0 aliphatic carbocycles. The number of methoxy groups -OCH3 is 1. The Labute approximate surface area is 187 Å². The zero-order chi connectivity index (χ0) is 22.3. The van der Waals surface area contributed by atoms with Crippen LogP contribution in [0.4, 0.5) is 11.7 Å². The van der Waals surface area contributed by atoms with Crippen molar-refractivity contribution in [3.05, 3.63) is 82.6 Å². The van der Waals surface area contributed by atoms with Crippen LogP contribution in [0.15, 0.2) is 76.5 Å². The number of hydrogen-bond donors (Lipinski definition) is 2. The minimum Gasteiger partial charge on any atom is -0.497 e. The van der Waals surface area contributed by atoms with Crippen LogP contribution >= 0.6 is 11.3 Å². The summed E-state index contributed by atoms with van der Waals surface area (Å²) in [5, 5.41) is 15.0. The van der Waals surface area contributed by atoms with E-state index in [1.54, 1.807) is 61.7 Å². The van der Waals surface area contributed by atoms with Crippen molar-refractivity contribution >= 4 is 40.9 Å². The van der Waals surface area contributed by atoms with Crippen molar-refractivity contribution in [2.45, 2.75) is 0 Å². The van der Waals surface area contributed by atoms with E-state index in [4.69, 9.17) is 9.15 Å². The zero-order valence-corrected chi connectivity index (χ0v) is 17.8. The molecule has 0 radical (unpaired) electrons. The van der Waals surface area contributed by atoms with E-state index in [0.717, 1.165) is 4.88 Å². The lowest BCUT2D eigenvalue weighted by Gasteiger charge is -2.08. The predicted octanol–water partition coefficient (Wildman–Crippen LogP) is 4.71. The summed E-state index contributed by atoms with van der Waals surface area (Å²) < 4.78 is 10.7. The van der Waals surface area contributed by atoms with Gasteiger partial charge in [0.05, 0.1) is 18.4 Å². The lowest BCUT2D eigenvalue weighted by Crippen LogP contribution is -2.17. The first-order valence-electron chi connectivity index (χ1n) is 9.53. The van der Waals surface area contributed by atoms with Crippen LogP contribution in [0, 0.1) is 0 Å². The summed E-state index contributed by atoms with van der Waals surface area (Å²) >= 11 is 1.52. The van der Waals surface area contributed by atoms with Gasteiger partial charge in [0.15, 0.2) is 0 Å². The third kappa shape index (κ3) is 5.08. The second kappa shape index (κ2) is 9.71. The van der Waals surface area contributed by atoms with Crippen LogP contribution in [-0.2, 0) is 4.79 Å². The van der Waals surface area contributed by atoms with E-state index in [2.05, 4.69) is 20.8 Å². The van der Waals surface area contributed by atoms with Gasteiger partial charge < -0.3 is 14.5 Å². The third-order valence-corrected chi connectivity index (χ3v) is 5.19. The number of nitrogens with one attached hydrogen (secondary N) is 2. The topological polar surface area (TPSA) is 106 Å². The summed E-state index contributed by atoms with van der Waals surface area (Å²) in [6.07, 6.45) is 3.13. The normalized spacial score (nSPS) is 10.8. The van der Waals surface area contributed by atoms with Crippen LogP contribution in [0.3, 0.4) is 0 Å². The van der Waals surface area contributed by atoms with Gasteiger partial charge in [0.1, 0.15) is 5.75 Å². The molecule has 9 heteroatoms. The summed E-state index contributed by atoms with van der Waals surface area (Å²) in [6.45, 7) is 0. The monoisotopic (exact) mass is 446 g/mol. The molecule has 0 aliphatic heterocycles. The maximum atomic E-state index is 12.8. The molecule has 2 amide bonds. The van der Waals surface area contributed by atoms with E-state index < -0.39 is 5.91 Å². The smallest absolute Gasteiger partial charge is 0.322 e. The molecule has 8 nitrogen and oxygen atoms in total. The summed E-state index contributed by atoms with van der Waals surface area (Å²) in [5.74, 6) is 0.111. The number of rotatable bonds is 7. The maximum Gasteiger partial charge on any atom is 0.322 e. The van der Waals surface area contributed by atoms with Gasteiger partial charge in [0.2, 0.25) is 11.8 Å². The van der Waals surface area contributed by atoms with E-state index in [9.17, 15) is 9.59 Å². The van der Waals surface area contributed by atoms with Gasteiger partial charge in [-0.3, -0.25) is 14.9 Å². The van der Waals surface area contributed by atoms with Crippen LogP contribution < -0.4 is 15.4 Å². The molecule has 4 rings (SSSR count). The molecular formula is C23H18N4O4S. The third-order valence-electron chi connectivity index (χ3n) is 4.35. The standard InChI is InChI=1S/C23H18N4O4S/c1-30-16-10-8-15(9-11-16)22-26-27-23(31-22)25-21(29)18-6-2-3-7-19(18)24-20(28)13-12-17-5-4-14-32-17/h2-14H,1H3,(H,24,28)(H,25,27,29)/b13-12+. The number of thiophene rings is 1. The molecule has 2 aromatic carbocycles. The number of aromatic nitrogens is 2. The van der Waals surface area contributed by atoms with Gasteiger partial charge in [0, 0.05) is 16.5 Å². The number of amides is 2. The Morgan fingerprint density at radius 1 is 1.00 bits per heavy atom. The molecule has 0 fully saturated rings. The lowest BCUT2D eigenvalue weighted by molar-refractivity contribution is -0.111. The molecule has 2 heterocycles. The van der Waals surface area contributed by atoms with Crippen LogP contribution in [0.1, 0.15) is 15.2 Å². The average molecular weight is 446 g/mol. The first-order valence-corrected chi connectivity index (χ1v) is 10.4. The first-order chi connectivity index (χ1) is 15.6. The molecule has 0 unspecified atom stereocenters. The number of para-hydroxylation sites is 1. The largest absolute Gasteiger partial charge is 0.497 e. The van der Waals surface area contributed by atoms with Gasteiger partial charge in [-0.2, -0.15) is 0 Å². The Hall–Kier alpha value is -4.24. The maximum absolute atomic E-state index is 12.8. The van der Waals surface area contributed by atoms with Crippen molar-refractivity contribution in [3.63, 3.8) is 0 Å². The molecule has 0 bridgehead atoms. The minimum atomic E-state index is -0.493. The Morgan fingerprint density at radius 2 is 1.81 bits per heavy atom. The Balaban J connectivity index is 1.45. The highest BCUT2D eigenvalue weighted by Crippen LogP contribution is 2.23. The Morgan fingerprint density at radius 3 is 2.56 bits per heavy atom. The molecule has 2 aromatic heterocycles. The average Bonchev–Trinajstić information content (AvgIpc) is 3.50. The second-order valence-corrected chi connectivity index (χ2v) is 7.46. The summed E-state index contributed by atoms with van der Waals surface area (Å²) in [7, 11) is 1.58. The van der Waals surface area contributed by atoms with Crippen molar-refractivity contribution < 1.29 is 18.7 Å². The van der Waals surface area contributed by atoms with Crippen LogP contribution in [0.25, 0.3) is 17.5 Å². The predicted molar refractivity (Wildman–Crippen MR) is 123 cm³/mol. The molecule has 0 atom stereocenters. The first kappa shape index (κ1) is 21.0. The Bertz CT molecular complexity index is 1250. The fourth-order valence-corrected chi connectivity index (χ4v) is 3.41. The number of hydrogen-bond acceptors (Lipinski definition) is 7. The fourth-order valence-electron chi connectivity index (χ4n) is 2.80. The number of carbonyl (C=O) groups excluding carboxylic acids is 2. The molecule has 0 aliphatic rings. The van der Waals surface area contributed by atoms with E-state index in [0.29, 0.717) is 17.0 Å². The lowest BCUT2D eigenvalue weighted by atomic mass is 10.1. The number of anilines is 2. The van der Waals surface area contributed by atoms with E-state index in [-0.39, 0.29) is 23.4 Å². The van der Waals surface area contributed by atoms with Crippen molar-refractivity contribution in [3.8, 4) is 17.2 Å². The van der Waals surface area contributed by atoms with Gasteiger partial charge in [-0.05, 0) is 53.9 Å². The zero-order valence-electron chi connectivity index (χ0n) is 16.9. The van der Waals surface area contributed by atoms with Crippen molar-refractivity contribution in [1.29, 1.82) is 0 Å². The van der Waals surface area contributed by atoms with Gasteiger partial charge >= 0.3 is 6.01 Å². The molecular weight excluding hydrogens is 428 g/mol. The minimum absolute atomic E-state index is 0.0560.